The van der Waals surface area contributed by atoms with Crippen LogP contribution in [0.2, 0.25) is 0 Å². The number of benzene rings is 1. The molecule has 0 heterocycles. The van der Waals surface area contributed by atoms with E-state index in [9.17, 15) is 9.59 Å². The largest absolute Gasteiger partial charge is 0.479 e. The molecule has 5 heteroatoms. The molecule has 0 radical (unpaired) electrons. The summed E-state index contributed by atoms with van der Waals surface area (Å²) in [5.74, 6) is -1.87. The van der Waals surface area contributed by atoms with Crippen LogP contribution in [-0.2, 0) is 14.3 Å². The van der Waals surface area contributed by atoms with Crippen molar-refractivity contribution < 1.29 is 19.4 Å². The second kappa shape index (κ2) is 6.00. The molecule has 1 unspecified atom stereocenters. The predicted octanol–water partition coefficient (Wildman–Crippen LogP) is 1.14. The van der Waals surface area contributed by atoms with Crippen molar-refractivity contribution in [2.24, 2.45) is 0 Å². The molecule has 0 aromatic heterocycles. The van der Waals surface area contributed by atoms with E-state index in [2.05, 4.69) is 0 Å². The van der Waals surface area contributed by atoms with Gasteiger partial charge in [-0.05, 0) is 19.1 Å². The van der Waals surface area contributed by atoms with Gasteiger partial charge in [-0.2, -0.15) is 0 Å². The highest BCUT2D eigenvalue weighted by Gasteiger charge is 2.30. The average Bonchev–Trinajstić information content (AvgIpc) is 2.35. The minimum absolute atomic E-state index is 0.172. The molecule has 1 atom stereocenters. The lowest BCUT2D eigenvalue weighted by Crippen LogP contribution is -2.43. The molecule has 1 amide bonds. The SMILES string of the molecule is CCOC(C(=O)O)C(=O)N(C)c1ccccc1. The fourth-order valence-corrected chi connectivity index (χ4v) is 1.37. The van der Waals surface area contributed by atoms with Crippen LogP contribution < -0.4 is 4.90 Å². The van der Waals surface area contributed by atoms with Gasteiger partial charge in [0.25, 0.3) is 5.91 Å². The number of nitrogens with zero attached hydrogens (tertiary/aromatic N) is 1. The normalized spacial score (nSPS) is 11.9. The number of carboxylic acid groups (broad SMARTS) is 1. The zero-order valence-electron chi connectivity index (χ0n) is 9.79. The lowest BCUT2D eigenvalue weighted by Gasteiger charge is -2.21. The number of carbonyl (C=O) groups excluding carboxylic acids is 1. The minimum atomic E-state index is -1.45. The summed E-state index contributed by atoms with van der Waals surface area (Å²) in [7, 11) is 1.52. The Morgan fingerprint density at radius 2 is 1.94 bits per heavy atom. The fourth-order valence-electron chi connectivity index (χ4n) is 1.37. The molecule has 0 aliphatic carbocycles. The Hall–Kier alpha value is -1.88. The molecule has 0 saturated carbocycles. The Bertz CT molecular complexity index is 391. The molecule has 17 heavy (non-hydrogen) atoms. The van der Waals surface area contributed by atoms with Crippen molar-refractivity contribution in [2.75, 3.05) is 18.6 Å². The van der Waals surface area contributed by atoms with Gasteiger partial charge in [-0.1, -0.05) is 18.2 Å². The van der Waals surface area contributed by atoms with Gasteiger partial charge in [0.1, 0.15) is 0 Å². The molecule has 0 saturated heterocycles. The number of carboxylic acids is 1. The standard InChI is InChI=1S/C12H15NO4/c1-3-17-10(12(15)16)11(14)13(2)9-7-5-4-6-8-9/h4-8,10H,3H2,1-2H3,(H,15,16). The lowest BCUT2D eigenvalue weighted by molar-refractivity contribution is -0.155. The van der Waals surface area contributed by atoms with Crippen LogP contribution in [0.25, 0.3) is 0 Å². The van der Waals surface area contributed by atoms with E-state index in [0.717, 1.165) is 0 Å². The number of aliphatic carboxylic acids is 1. The molecule has 0 aliphatic rings. The van der Waals surface area contributed by atoms with Crippen LogP contribution in [0.1, 0.15) is 6.92 Å². The molecule has 92 valence electrons. The molecule has 0 spiro atoms. The number of rotatable bonds is 5. The number of hydrogen-bond acceptors (Lipinski definition) is 3. The van der Waals surface area contributed by atoms with Gasteiger partial charge in [0.15, 0.2) is 0 Å². The first-order valence-electron chi connectivity index (χ1n) is 5.25. The summed E-state index contributed by atoms with van der Waals surface area (Å²) < 4.78 is 4.92. The first kappa shape index (κ1) is 13.2. The van der Waals surface area contributed by atoms with Crippen molar-refractivity contribution in [3.8, 4) is 0 Å². The monoisotopic (exact) mass is 237 g/mol. The Labute approximate surface area is 99.6 Å². The molecule has 0 aliphatic heterocycles. The van der Waals surface area contributed by atoms with E-state index in [1.165, 1.54) is 11.9 Å². The number of amides is 1. The van der Waals surface area contributed by atoms with Gasteiger partial charge < -0.3 is 14.7 Å². The number of carbonyl (C=O) groups is 2. The maximum atomic E-state index is 11.9. The van der Waals surface area contributed by atoms with E-state index in [0.29, 0.717) is 5.69 Å². The van der Waals surface area contributed by atoms with Gasteiger partial charge in [0.2, 0.25) is 6.10 Å². The number of hydrogen-bond donors (Lipinski definition) is 1. The molecule has 1 aromatic rings. The summed E-state index contributed by atoms with van der Waals surface area (Å²) in [5, 5.41) is 8.90. The van der Waals surface area contributed by atoms with E-state index < -0.39 is 18.0 Å². The van der Waals surface area contributed by atoms with E-state index in [1.807, 2.05) is 6.07 Å². The van der Waals surface area contributed by atoms with Crippen LogP contribution in [0.3, 0.4) is 0 Å². The third-order valence-corrected chi connectivity index (χ3v) is 2.26. The first-order chi connectivity index (χ1) is 8.07. The van der Waals surface area contributed by atoms with Crippen LogP contribution in [0.5, 0.6) is 0 Å². The molecule has 1 rings (SSSR count). The molecule has 1 aromatic carbocycles. The number of anilines is 1. The van der Waals surface area contributed by atoms with Crippen molar-refractivity contribution in [3.63, 3.8) is 0 Å². The van der Waals surface area contributed by atoms with Gasteiger partial charge in [0, 0.05) is 19.3 Å². The lowest BCUT2D eigenvalue weighted by atomic mass is 10.2. The van der Waals surface area contributed by atoms with Crippen molar-refractivity contribution in [3.05, 3.63) is 30.3 Å². The maximum absolute atomic E-state index is 11.9. The predicted molar refractivity (Wildman–Crippen MR) is 62.9 cm³/mol. The van der Waals surface area contributed by atoms with E-state index in [-0.39, 0.29) is 6.61 Å². The number of likely N-dealkylation sites (N-methyl/N-ethyl adjacent to an activating group) is 1. The third kappa shape index (κ3) is 3.29. The zero-order chi connectivity index (χ0) is 12.8. The second-order valence-electron chi connectivity index (χ2n) is 3.41. The van der Waals surface area contributed by atoms with Gasteiger partial charge in [0.05, 0.1) is 0 Å². The third-order valence-electron chi connectivity index (χ3n) is 2.26. The topological polar surface area (TPSA) is 66.8 Å². The van der Waals surface area contributed by atoms with Crippen LogP contribution >= 0.6 is 0 Å². The van der Waals surface area contributed by atoms with Gasteiger partial charge in [-0.3, -0.25) is 4.79 Å². The van der Waals surface area contributed by atoms with Gasteiger partial charge in [-0.15, -0.1) is 0 Å². The summed E-state index contributed by atoms with van der Waals surface area (Å²) in [5.41, 5.74) is 0.628. The summed E-state index contributed by atoms with van der Waals surface area (Å²) in [6.45, 7) is 1.82. The Kier molecular flexibility index (Phi) is 4.66. The van der Waals surface area contributed by atoms with E-state index in [4.69, 9.17) is 9.84 Å². The Morgan fingerprint density at radius 3 is 2.41 bits per heavy atom. The smallest absolute Gasteiger partial charge is 0.342 e. The Balaban J connectivity index is 2.84. The van der Waals surface area contributed by atoms with Crippen molar-refractivity contribution in [2.45, 2.75) is 13.0 Å². The first-order valence-corrected chi connectivity index (χ1v) is 5.25. The number of para-hydroxylation sites is 1. The molecule has 1 N–H and O–H groups in total. The zero-order valence-corrected chi connectivity index (χ0v) is 9.79. The molecule has 5 nitrogen and oxygen atoms in total. The number of ether oxygens (including phenoxy) is 1. The van der Waals surface area contributed by atoms with Gasteiger partial charge in [-0.25, -0.2) is 4.79 Å². The highest BCUT2D eigenvalue weighted by atomic mass is 16.5. The quantitative estimate of drug-likeness (QED) is 0.780. The second-order valence-corrected chi connectivity index (χ2v) is 3.41. The van der Waals surface area contributed by atoms with Crippen LogP contribution in [0.15, 0.2) is 30.3 Å². The van der Waals surface area contributed by atoms with Crippen LogP contribution in [0, 0.1) is 0 Å². The maximum Gasteiger partial charge on any atom is 0.342 e. The fraction of sp³-hybridized carbons (Fsp3) is 0.333. The minimum Gasteiger partial charge on any atom is -0.479 e. The van der Waals surface area contributed by atoms with Crippen LogP contribution in [-0.4, -0.2) is 36.7 Å². The summed E-state index contributed by atoms with van der Waals surface area (Å²) in [4.78, 5) is 24.1. The molecular formula is C12H15NO4. The van der Waals surface area contributed by atoms with Crippen molar-refractivity contribution >= 4 is 17.6 Å². The molecular weight excluding hydrogens is 222 g/mol. The highest BCUT2D eigenvalue weighted by Crippen LogP contribution is 2.13. The van der Waals surface area contributed by atoms with Crippen LogP contribution in [0.4, 0.5) is 5.69 Å². The van der Waals surface area contributed by atoms with E-state index >= 15 is 0 Å². The average molecular weight is 237 g/mol. The Morgan fingerprint density at radius 1 is 1.35 bits per heavy atom. The van der Waals surface area contributed by atoms with E-state index in [1.54, 1.807) is 31.2 Å². The summed E-state index contributed by atoms with van der Waals surface area (Å²) in [6, 6.07) is 8.82. The molecule has 0 bridgehead atoms. The van der Waals surface area contributed by atoms with Crippen molar-refractivity contribution in [1.82, 2.24) is 0 Å². The summed E-state index contributed by atoms with van der Waals surface area (Å²) >= 11 is 0. The van der Waals surface area contributed by atoms with Crippen molar-refractivity contribution in [1.29, 1.82) is 0 Å². The molecule has 0 fully saturated rings. The summed E-state index contributed by atoms with van der Waals surface area (Å²) in [6.07, 6.45) is -1.45. The van der Waals surface area contributed by atoms with Gasteiger partial charge >= 0.3 is 5.97 Å². The highest BCUT2D eigenvalue weighted by molar-refractivity contribution is 6.07.